The Balaban J connectivity index is 4.81. The second-order valence-corrected chi connectivity index (χ2v) is 11.9. The Labute approximate surface area is 178 Å². The molecule has 0 aromatic rings. The van der Waals surface area contributed by atoms with Crippen LogP contribution in [0.1, 0.15) is 26.7 Å². The van der Waals surface area contributed by atoms with Gasteiger partial charge in [0.05, 0.1) is 13.2 Å². The zero-order valence-electron chi connectivity index (χ0n) is 17.1. The Hall–Kier alpha value is -0.690. The molecule has 2 atom stereocenters. The minimum Gasteiger partial charge on any atom is -0.462 e. The number of hydrogen-bond acceptors (Lipinski definition) is 11. The molecule has 0 aliphatic rings. The van der Waals surface area contributed by atoms with Crippen LogP contribution in [0.25, 0.3) is 0 Å². The average molecular weight is 515 g/mol. The summed E-state index contributed by atoms with van der Waals surface area (Å²) in [6.07, 6.45) is -0.994. The summed E-state index contributed by atoms with van der Waals surface area (Å²) >= 11 is 0. The topological polar surface area (TPSA) is 235 Å². The first-order valence-corrected chi connectivity index (χ1v) is 14.0. The summed E-state index contributed by atoms with van der Waals surface area (Å²) in [6.45, 7) is 1.83. The van der Waals surface area contributed by atoms with Crippen molar-refractivity contribution >= 4 is 34.7 Å². The Morgan fingerprint density at radius 3 is 1.90 bits per heavy atom. The van der Waals surface area contributed by atoms with E-state index in [1.54, 1.807) is 12.2 Å². The molecular weight excluding hydrogens is 487 g/mol. The summed E-state index contributed by atoms with van der Waals surface area (Å²) in [4.78, 5) is 58.6. The van der Waals surface area contributed by atoms with Gasteiger partial charge in [-0.15, -0.1) is 0 Å². The van der Waals surface area contributed by atoms with Crippen LogP contribution in [0.15, 0.2) is 0 Å². The van der Waals surface area contributed by atoms with Gasteiger partial charge in [-0.3, -0.25) is 28.6 Å². The molecule has 0 rings (SSSR count). The molecule has 2 unspecified atom stereocenters. The van der Waals surface area contributed by atoms with Gasteiger partial charge in [0.25, 0.3) is 0 Å². The molecule has 18 heteroatoms. The number of nitrogens with one attached hydrogen (secondary N) is 1. The van der Waals surface area contributed by atoms with Gasteiger partial charge in [-0.2, -0.15) is 0 Å². The molecule has 184 valence electrons. The van der Waals surface area contributed by atoms with Crippen LogP contribution in [-0.4, -0.2) is 81.0 Å². The van der Waals surface area contributed by atoms with Crippen molar-refractivity contribution in [3.63, 3.8) is 0 Å². The highest BCUT2D eigenvalue weighted by Crippen LogP contribution is 2.65. The number of ether oxygens (including phenoxy) is 2. The lowest BCUT2D eigenvalue weighted by atomic mass is 10.4. The molecule has 0 saturated heterocycles. The first kappa shape index (κ1) is 30.3. The molecule has 0 aromatic heterocycles. The van der Waals surface area contributed by atoms with E-state index in [1.165, 1.54) is 6.92 Å². The lowest BCUT2D eigenvalue weighted by Gasteiger charge is -2.30. The molecule has 0 radical (unpaired) electrons. The van der Waals surface area contributed by atoms with Crippen molar-refractivity contribution in [2.45, 2.75) is 38.0 Å². The fourth-order valence-electron chi connectivity index (χ4n) is 1.73. The average Bonchev–Trinajstić information content (AvgIpc) is 2.64. The number of carbonyl (C=O) groups excluding carboxylic acids is 2. The van der Waals surface area contributed by atoms with Crippen LogP contribution in [0.5, 0.6) is 0 Å². The number of aliphatic hydroxyl groups is 1. The number of esters is 2. The van der Waals surface area contributed by atoms with E-state index in [4.69, 9.17) is 38.1 Å². The maximum absolute atomic E-state index is 12.3. The Kier molecular flexibility index (Phi) is 12.2. The van der Waals surface area contributed by atoms with Crippen molar-refractivity contribution in [2.24, 2.45) is 0 Å². The van der Waals surface area contributed by atoms with Crippen molar-refractivity contribution in [2.75, 3.05) is 33.0 Å². The van der Waals surface area contributed by atoms with Crippen LogP contribution in [0.4, 0.5) is 0 Å². The first-order chi connectivity index (χ1) is 14.0. The molecule has 0 aromatic carbocycles. The molecule has 31 heavy (non-hydrogen) atoms. The largest absolute Gasteiger partial charge is 0.462 e. The van der Waals surface area contributed by atoms with Crippen molar-refractivity contribution in [1.29, 1.82) is 0 Å². The van der Waals surface area contributed by atoms with Crippen molar-refractivity contribution in [3.8, 4) is 0 Å². The SMILES string of the molecule is CCC(=O)OCC(COP(C)(=O)OCCNC(O)(P(=O)(O)O)P(=O)(O)O)OC(=O)CC. The van der Waals surface area contributed by atoms with Crippen LogP contribution in [0.3, 0.4) is 0 Å². The zero-order valence-corrected chi connectivity index (χ0v) is 19.8. The van der Waals surface area contributed by atoms with E-state index in [2.05, 4.69) is 0 Å². The molecule has 0 saturated carbocycles. The molecule has 0 amide bonds. The monoisotopic (exact) mass is 515 g/mol. The lowest BCUT2D eigenvalue weighted by Crippen LogP contribution is -2.45. The van der Waals surface area contributed by atoms with Crippen LogP contribution in [0.2, 0.25) is 0 Å². The summed E-state index contributed by atoms with van der Waals surface area (Å²) in [7, 11) is -15.3. The van der Waals surface area contributed by atoms with E-state index in [-0.39, 0.29) is 19.4 Å². The highest BCUT2D eigenvalue weighted by Gasteiger charge is 2.59. The van der Waals surface area contributed by atoms with Crippen LogP contribution in [-0.2, 0) is 41.8 Å². The normalized spacial score (nSPS) is 15.7. The summed E-state index contributed by atoms with van der Waals surface area (Å²) in [5, 5.41) is 7.37. The van der Waals surface area contributed by atoms with E-state index < -0.39 is 65.8 Å². The quantitative estimate of drug-likeness (QED) is 0.0708. The third kappa shape index (κ3) is 10.6. The lowest BCUT2D eigenvalue weighted by molar-refractivity contribution is -0.160. The predicted octanol–water partition coefficient (Wildman–Crippen LogP) is -0.334. The molecule has 0 aliphatic heterocycles. The van der Waals surface area contributed by atoms with E-state index in [9.17, 15) is 28.4 Å². The van der Waals surface area contributed by atoms with Gasteiger partial charge in [0.2, 0.25) is 0 Å². The van der Waals surface area contributed by atoms with E-state index in [1.807, 2.05) is 0 Å². The summed E-state index contributed by atoms with van der Waals surface area (Å²) < 4.78 is 54.5. The maximum atomic E-state index is 12.3. The van der Waals surface area contributed by atoms with E-state index >= 15 is 0 Å². The van der Waals surface area contributed by atoms with Gasteiger partial charge in [-0.25, -0.2) is 0 Å². The van der Waals surface area contributed by atoms with Gasteiger partial charge >= 0.3 is 39.9 Å². The van der Waals surface area contributed by atoms with Gasteiger partial charge < -0.3 is 43.2 Å². The van der Waals surface area contributed by atoms with Gasteiger partial charge in [0.1, 0.15) is 6.61 Å². The molecule has 15 nitrogen and oxygen atoms in total. The second kappa shape index (κ2) is 12.5. The van der Waals surface area contributed by atoms with Crippen molar-refractivity contribution in [1.82, 2.24) is 5.32 Å². The third-order valence-electron chi connectivity index (χ3n) is 3.40. The van der Waals surface area contributed by atoms with Crippen LogP contribution >= 0.6 is 22.8 Å². The highest BCUT2D eigenvalue weighted by molar-refractivity contribution is 7.71. The van der Waals surface area contributed by atoms with Gasteiger partial charge in [0, 0.05) is 26.1 Å². The van der Waals surface area contributed by atoms with Gasteiger partial charge in [0.15, 0.2) is 6.10 Å². The van der Waals surface area contributed by atoms with Crippen LogP contribution in [0, 0.1) is 0 Å². The number of rotatable bonds is 15. The zero-order chi connectivity index (χ0) is 24.5. The fraction of sp³-hybridized carbons (Fsp3) is 0.846. The van der Waals surface area contributed by atoms with Crippen molar-refractivity contribution in [3.05, 3.63) is 0 Å². The molecule has 0 spiro atoms. The Bertz CT molecular complexity index is 724. The Morgan fingerprint density at radius 2 is 1.45 bits per heavy atom. The van der Waals surface area contributed by atoms with E-state index in [0.717, 1.165) is 6.66 Å². The fourth-order valence-corrected chi connectivity index (χ4v) is 4.66. The highest BCUT2D eigenvalue weighted by atomic mass is 31.2. The van der Waals surface area contributed by atoms with Gasteiger partial charge in [-0.05, 0) is 0 Å². The minimum absolute atomic E-state index is 0.0201. The molecule has 0 aliphatic carbocycles. The molecule has 6 N–H and O–H groups in total. The van der Waals surface area contributed by atoms with E-state index in [0.29, 0.717) is 0 Å². The first-order valence-electron chi connectivity index (χ1n) is 8.79. The summed E-state index contributed by atoms with van der Waals surface area (Å²) in [5.41, 5.74) is 0. The standard InChI is InChI=1S/C13H28NO14P3/c1-4-11(15)25-8-10(28-12(16)5-2)9-27-29(3,18)26-7-6-14-13(17,30(19,20)21)31(22,23)24/h10,14,17H,4-9H2,1-3H3,(H2,19,20,21)(H2,22,23,24). The van der Waals surface area contributed by atoms with Crippen LogP contribution < -0.4 is 5.32 Å². The molecule has 0 fully saturated rings. The minimum atomic E-state index is -5.72. The second-order valence-electron chi connectivity index (χ2n) is 6.05. The van der Waals surface area contributed by atoms with Gasteiger partial charge in [-0.1, -0.05) is 13.8 Å². The number of carbonyl (C=O) groups is 2. The number of hydrogen-bond donors (Lipinski definition) is 6. The maximum Gasteiger partial charge on any atom is 0.384 e. The molecular formula is C13H28NO14P3. The Morgan fingerprint density at radius 1 is 0.935 bits per heavy atom. The smallest absolute Gasteiger partial charge is 0.384 e. The molecule has 0 bridgehead atoms. The molecule has 0 heterocycles. The predicted molar refractivity (Wildman–Crippen MR) is 104 cm³/mol. The third-order valence-corrected chi connectivity index (χ3v) is 8.18. The summed E-state index contributed by atoms with van der Waals surface area (Å²) in [5.74, 6) is -1.20. The van der Waals surface area contributed by atoms with Crippen molar-refractivity contribution < 1.29 is 66.5 Å². The summed E-state index contributed by atoms with van der Waals surface area (Å²) in [6, 6.07) is 0.